The summed E-state index contributed by atoms with van der Waals surface area (Å²) in [6, 6.07) is 10.6. The Morgan fingerprint density at radius 3 is 2.29 bits per heavy atom. The number of nitrogens with zero attached hydrogens (tertiary/aromatic N) is 2. The van der Waals surface area contributed by atoms with Crippen LogP contribution in [0.15, 0.2) is 47.4 Å². The molecular formula is C19H22ClN3O4S. The molecule has 0 aliphatic carbocycles. The van der Waals surface area contributed by atoms with Crippen molar-refractivity contribution in [2.24, 2.45) is 0 Å². The van der Waals surface area contributed by atoms with Crippen LogP contribution >= 0.6 is 11.6 Å². The molecule has 1 heterocycles. The highest BCUT2D eigenvalue weighted by molar-refractivity contribution is 7.92. The van der Waals surface area contributed by atoms with Gasteiger partial charge >= 0.3 is 0 Å². The summed E-state index contributed by atoms with van der Waals surface area (Å²) >= 11 is 6.01. The number of benzene rings is 2. The van der Waals surface area contributed by atoms with E-state index in [0.717, 1.165) is 13.1 Å². The van der Waals surface area contributed by atoms with Crippen molar-refractivity contribution in [1.29, 1.82) is 0 Å². The van der Waals surface area contributed by atoms with Crippen molar-refractivity contribution in [2.75, 3.05) is 45.1 Å². The van der Waals surface area contributed by atoms with Gasteiger partial charge < -0.3 is 14.5 Å². The summed E-state index contributed by atoms with van der Waals surface area (Å²) in [5, 5.41) is 0.207. The van der Waals surface area contributed by atoms with E-state index in [-0.39, 0.29) is 15.8 Å². The van der Waals surface area contributed by atoms with E-state index in [4.69, 9.17) is 16.3 Å². The Bertz CT molecular complexity index is 956. The molecule has 1 aliphatic heterocycles. The lowest BCUT2D eigenvalue weighted by molar-refractivity contribution is 0.0664. The molecule has 3 rings (SSSR count). The van der Waals surface area contributed by atoms with Crippen LogP contribution in [-0.2, 0) is 10.0 Å². The monoisotopic (exact) mass is 423 g/mol. The number of hydrogen-bond donors (Lipinski definition) is 1. The molecule has 1 saturated heterocycles. The lowest BCUT2D eigenvalue weighted by Gasteiger charge is -2.32. The van der Waals surface area contributed by atoms with E-state index in [0.29, 0.717) is 30.1 Å². The zero-order valence-corrected chi connectivity index (χ0v) is 17.3. The number of sulfonamides is 1. The van der Waals surface area contributed by atoms with Gasteiger partial charge in [0.25, 0.3) is 15.9 Å². The van der Waals surface area contributed by atoms with Gasteiger partial charge in [-0.25, -0.2) is 8.42 Å². The minimum Gasteiger partial charge on any atom is -0.495 e. The molecule has 2 aromatic rings. The van der Waals surface area contributed by atoms with E-state index < -0.39 is 10.0 Å². The summed E-state index contributed by atoms with van der Waals surface area (Å²) in [6.45, 7) is 3.05. The number of amides is 1. The molecule has 9 heteroatoms. The molecule has 1 aliphatic rings. The molecule has 0 aromatic heterocycles. The third kappa shape index (κ3) is 4.57. The SMILES string of the molecule is COc1ccc(S(=O)(=O)Nc2ccc(C(=O)N3CCN(C)CC3)cc2)cc1Cl. The maximum atomic E-state index is 12.6. The van der Waals surface area contributed by atoms with Crippen LogP contribution in [0.4, 0.5) is 5.69 Å². The summed E-state index contributed by atoms with van der Waals surface area (Å²) in [4.78, 5) is 16.6. The van der Waals surface area contributed by atoms with Crippen LogP contribution in [0.3, 0.4) is 0 Å². The zero-order valence-electron chi connectivity index (χ0n) is 15.7. The Balaban J connectivity index is 1.71. The van der Waals surface area contributed by atoms with Crippen LogP contribution in [-0.4, -0.2) is 64.5 Å². The molecule has 2 aromatic carbocycles. The van der Waals surface area contributed by atoms with Crippen molar-refractivity contribution in [3.63, 3.8) is 0 Å². The average molecular weight is 424 g/mol. The van der Waals surface area contributed by atoms with Crippen LogP contribution in [0.2, 0.25) is 5.02 Å². The lowest BCUT2D eigenvalue weighted by atomic mass is 10.1. The Hall–Kier alpha value is -2.29. The Labute approximate surface area is 169 Å². The van der Waals surface area contributed by atoms with Gasteiger partial charge in [0.2, 0.25) is 0 Å². The van der Waals surface area contributed by atoms with E-state index in [9.17, 15) is 13.2 Å². The number of methoxy groups -OCH3 is 1. The van der Waals surface area contributed by atoms with Crippen LogP contribution in [0, 0.1) is 0 Å². The minimum atomic E-state index is -3.81. The lowest BCUT2D eigenvalue weighted by Crippen LogP contribution is -2.47. The number of ether oxygens (including phenoxy) is 1. The smallest absolute Gasteiger partial charge is 0.261 e. The number of carbonyl (C=O) groups excluding carboxylic acids is 1. The summed E-state index contributed by atoms with van der Waals surface area (Å²) in [7, 11) is -0.328. The molecule has 1 amide bonds. The number of anilines is 1. The second kappa shape index (κ2) is 8.38. The van der Waals surface area contributed by atoms with E-state index in [2.05, 4.69) is 9.62 Å². The highest BCUT2D eigenvalue weighted by Gasteiger charge is 2.21. The van der Waals surface area contributed by atoms with Crippen molar-refractivity contribution in [1.82, 2.24) is 9.80 Å². The maximum absolute atomic E-state index is 12.6. The fourth-order valence-electron chi connectivity index (χ4n) is 2.90. The van der Waals surface area contributed by atoms with Gasteiger partial charge in [0.1, 0.15) is 5.75 Å². The molecular weight excluding hydrogens is 402 g/mol. The second-order valence-corrected chi connectivity index (χ2v) is 8.66. The van der Waals surface area contributed by atoms with Crippen LogP contribution in [0.5, 0.6) is 5.75 Å². The molecule has 0 unspecified atom stereocenters. The topological polar surface area (TPSA) is 78.9 Å². The summed E-state index contributed by atoms with van der Waals surface area (Å²) in [5.41, 5.74) is 0.891. The van der Waals surface area contributed by atoms with E-state index in [1.54, 1.807) is 29.2 Å². The quantitative estimate of drug-likeness (QED) is 0.799. The molecule has 0 radical (unpaired) electrons. The Morgan fingerprint density at radius 1 is 1.07 bits per heavy atom. The molecule has 1 fully saturated rings. The van der Waals surface area contributed by atoms with Gasteiger partial charge in [-0.1, -0.05) is 11.6 Å². The molecule has 0 atom stereocenters. The van der Waals surface area contributed by atoms with Crippen LogP contribution in [0.1, 0.15) is 10.4 Å². The molecule has 0 bridgehead atoms. The molecule has 150 valence electrons. The standard InChI is InChI=1S/C19H22ClN3O4S/c1-22-9-11-23(12-10-22)19(24)14-3-5-15(6-4-14)21-28(25,26)16-7-8-18(27-2)17(20)13-16/h3-8,13,21H,9-12H2,1-2H3. The van der Waals surface area contributed by atoms with E-state index >= 15 is 0 Å². The van der Waals surface area contributed by atoms with Crippen molar-refractivity contribution >= 4 is 33.2 Å². The first-order chi connectivity index (χ1) is 13.3. The predicted octanol–water partition coefficient (Wildman–Crippen LogP) is 2.54. The van der Waals surface area contributed by atoms with Gasteiger partial charge in [0, 0.05) is 37.4 Å². The minimum absolute atomic E-state index is 0.0240. The highest BCUT2D eigenvalue weighted by Crippen LogP contribution is 2.28. The molecule has 0 spiro atoms. The fourth-order valence-corrected chi connectivity index (χ4v) is 4.31. The van der Waals surface area contributed by atoms with E-state index in [1.807, 2.05) is 7.05 Å². The van der Waals surface area contributed by atoms with Crippen LogP contribution in [0.25, 0.3) is 0 Å². The average Bonchev–Trinajstić information content (AvgIpc) is 2.68. The first kappa shape index (κ1) is 20.4. The summed E-state index contributed by atoms with van der Waals surface area (Å²) in [5.74, 6) is 0.344. The van der Waals surface area contributed by atoms with Gasteiger partial charge in [-0.3, -0.25) is 9.52 Å². The first-order valence-corrected chi connectivity index (χ1v) is 10.6. The highest BCUT2D eigenvalue weighted by atomic mass is 35.5. The Morgan fingerprint density at radius 2 is 1.71 bits per heavy atom. The van der Waals surface area contributed by atoms with Gasteiger partial charge in [0.15, 0.2) is 0 Å². The summed E-state index contributed by atoms with van der Waals surface area (Å²) < 4.78 is 32.6. The van der Waals surface area contributed by atoms with Crippen LogP contribution < -0.4 is 9.46 Å². The molecule has 0 saturated carbocycles. The predicted molar refractivity (Wildman–Crippen MR) is 109 cm³/mol. The van der Waals surface area contributed by atoms with Gasteiger partial charge in [-0.05, 0) is 49.5 Å². The number of hydrogen-bond acceptors (Lipinski definition) is 5. The van der Waals surface area contributed by atoms with Gasteiger partial charge in [0.05, 0.1) is 17.0 Å². The number of nitrogens with one attached hydrogen (secondary N) is 1. The first-order valence-electron chi connectivity index (χ1n) is 8.74. The van der Waals surface area contributed by atoms with Crippen molar-refractivity contribution < 1.29 is 17.9 Å². The van der Waals surface area contributed by atoms with E-state index in [1.165, 1.54) is 25.3 Å². The number of halogens is 1. The zero-order chi connectivity index (χ0) is 20.3. The molecule has 28 heavy (non-hydrogen) atoms. The third-order valence-corrected chi connectivity index (χ3v) is 6.28. The fraction of sp³-hybridized carbons (Fsp3) is 0.316. The molecule has 1 N–H and O–H groups in total. The summed E-state index contributed by atoms with van der Waals surface area (Å²) in [6.07, 6.45) is 0. The number of piperazine rings is 1. The Kier molecular flexibility index (Phi) is 6.12. The maximum Gasteiger partial charge on any atom is 0.261 e. The second-order valence-electron chi connectivity index (χ2n) is 6.57. The van der Waals surface area contributed by atoms with Crippen molar-refractivity contribution in [3.05, 3.63) is 53.1 Å². The normalized spacial score (nSPS) is 15.3. The number of rotatable bonds is 5. The van der Waals surface area contributed by atoms with Crippen molar-refractivity contribution in [3.8, 4) is 5.75 Å². The third-order valence-electron chi connectivity index (χ3n) is 4.61. The van der Waals surface area contributed by atoms with Crippen molar-refractivity contribution in [2.45, 2.75) is 4.90 Å². The largest absolute Gasteiger partial charge is 0.495 e. The number of likely N-dealkylation sites (N-methyl/N-ethyl adjacent to an activating group) is 1. The van der Waals surface area contributed by atoms with Gasteiger partial charge in [-0.2, -0.15) is 0 Å². The van der Waals surface area contributed by atoms with Gasteiger partial charge in [-0.15, -0.1) is 0 Å². The molecule has 7 nitrogen and oxygen atoms in total. The number of carbonyl (C=O) groups is 1.